The number of carbonyl (C=O) groups is 1. The molecular weight excluding hydrogens is 310 g/mol. The van der Waals surface area contributed by atoms with Crippen molar-refractivity contribution in [2.45, 2.75) is 34.1 Å². The number of nitrogens with zero attached hydrogens (tertiary/aromatic N) is 1. The molecule has 1 heterocycles. The minimum absolute atomic E-state index is 0.287. The molecule has 1 aromatic carbocycles. The van der Waals surface area contributed by atoms with Crippen LogP contribution in [0, 0.1) is 12.8 Å². The van der Waals surface area contributed by atoms with E-state index in [0.29, 0.717) is 29.7 Å². The van der Waals surface area contributed by atoms with Gasteiger partial charge in [-0.25, -0.2) is 9.78 Å². The molecular formula is C18H23NO3S. The van der Waals surface area contributed by atoms with E-state index in [1.165, 1.54) is 11.3 Å². The molecule has 4 nitrogen and oxygen atoms in total. The highest BCUT2D eigenvalue weighted by Gasteiger charge is 2.17. The fourth-order valence-corrected chi connectivity index (χ4v) is 2.89. The molecule has 5 heteroatoms. The van der Waals surface area contributed by atoms with Gasteiger partial charge in [0.1, 0.15) is 15.6 Å². The second-order valence-electron chi connectivity index (χ2n) is 5.80. The van der Waals surface area contributed by atoms with Crippen molar-refractivity contribution in [2.75, 3.05) is 13.2 Å². The molecule has 0 fully saturated rings. The third-order valence-electron chi connectivity index (χ3n) is 3.10. The number of thiazole rings is 1. The summed E-state index contributed by atoms with van der Waals surface area (Å²) in [5, 5.41) is 0.821. The number of hydrogen-bond donors (Lipinski definition) is 0. The van der Waals surface area contributed by atoms with Crippen LogP contribution >= 0.6 is 11.3 Å². The maximum absolute atomic E-state index is 12.0. The highest BCUT2D eigenvalue weighted by atomic mass is 32.1. The second-order valence-corrected chi connectivity index (χ2v) is 6.80. The molecule has 0 bridgehead atoms. The van der Waals surface area contributed by atoms with Gasteiger partial charge >= 0.3 is 5.97 Å². The Morgan fingerprint density at radius 3 is 2.57 bits per heavy atom. The molecule has 0 radical (unpaired) electrons. The normalized spacial score (nSPS) is 10.8. The van der Waals surface area contributed by atoms with Crippen LogP contribution in [0.25, 0.3) is 10.6 Å². The van der Waals surface area contributed by atoms with Gasteiger partial charge in [-0.15, -0.1) is 11.3 Å². The summed E-state index contributed by atoms with van der Waals surface area (Å²) in [7, 11) is 0. The Morgan fingerprint density at radius 2 is 1.96 bits per heavy atom. The topological polar surface area (TPSA) is 48.4 Å². The lowest BCUT2D eigenvalue weighted by Crippen LogP contribution is -2.05. The van der Waals surface area contributed by atoms with Crippen LogP contribution in [0.1, 0.15) is 42.6 Å². The molecule has 0 aliphatic heterocycles. The zero-order valence-electron chi connectivity index (χ0n) is 14.1. The number of ether oxygens (including phenoxy) is 2. The van der Waals surface area contributed by atoms with Crippen molar-refractivity contribution in [3.8, 4) is 16.3 Å². The Bertz CT molecular complexity index is 647. The molecule has 0 spiro atoms. The van der Waals surface area contributed by atoms with Crippen molar-refractivity contribution in [3.05, 3.63) is 34.8 Å². The molecule has 1 aromatic heterocycles. The monoisotopic (exact) mass is 333 g/mol. The fourth-order valence-electron chi connectivity index (χ4n) is 1.93. The molecule has 0 N–H and O–H groups in total. The number of benzene rings is 1. The lowest BCUT2D eigenvalue weighted by molar-refractivity contribution is 0.0510. The number of aryl methyl sites for hydroxylation is 1. The predicted octanol–water partition coefficient (Wildman–Crippen LogP) is 4.72. The average molecular weight is 333 g/mol. The molecule has 0 saturated carbocycles. The van der Waals surface area contributed by atoms with E-state index < -0.39 is 0 Å². The first-order valence-electron chi connectivity index (χ1n) is 7.89. The summed E-state index contributed by atoms with van der Waals surface area (Å²) in [5.74, 6) is 1.05. The second kappa shape index (κ2) is 8.11. The molecule has 0 atom stereocenters. The zero-order valence-corrected chi connectivity index (χ0v) is 14.9. The SMILES string of the molecule is CCCOC(=O)c1sc(-c2ccc(OCC(C)C)cc2)nc1C. The molecule has 0 amide bonds. The van der Waals surface area contributed by atoms with Crippen molar-refractivity contribution in [1.29, 1.82) is 0 Å². The van der Waals surface area contributed by atoms with Crippen molar-refractivity contribution in [3.63, 3.8) is 0 Å². The van der Waals surface area contributed by atoms with Gasteiger partial charge in [-0.05, 0) is 43.5 Å². The van der Waals surface area contributed by atoms with Crippen LogP contribution in [0.2, 0.25) is 0 Å². The van der Waals surface area contributed by atoms with E-state index >= 15 is 0 Å². The van der Waals surface area contributed by atoms with Gasteiger partial charge in [0.2, 0.25) is 0 Å². The molecule has 0 aliphatic carbocycles. The molecule has 0 aliphatic rings. The van der Waals surface area contributed by atoms with Crippen LogP contribution in [0.3, 0.4) is 0 Å². The van der Waals surface area contributed by atoms with Crippen LogP contribution in [-0.2, 0) is 4.74 Å². The predicted molar refractivity (Wildman–Crippen MR) is 93.2 cm³/mol. The van der Waals surface area contributed by atoms with Gasteiger partial charge in [0, 0.05) is 5.56 Å². The van der Waals surface area contributed by atoms with Gasteiger partial charge < -0.3 is 9.47 Å². The quantitative estimate of drug-likeness (QED) is 0.688. The maximum Gasteiger partial charge on any atom is 0.350 e. The van der Waals surface area contributed by atoms with Crippen LogP contribution in [0.4, 0.5) is 0 Å². The van der Waals surface area contributed by atoms with Gasteiger partial charge in [0.25, 0.3) is 0 Å². The largest absolute Gasteiger partial charge is 0.493 e. The minimum atomic E-state index is -0.287. The fraction of sp³-hybridized carbons (Fsp3) is 0.444. The van der Waals surface area contributed by atoms with Crippen LogP contribution < -0.4 is 4.74 Å². The lowest BCUT2D eigenvalue weighted by atomic mass is 10.2. The molecule has 2 aromatic rings. The Morgan fingerprint density at radius 1 is 1.26 bits per heavy atom. The Labute approximate surface area is 141 Å². The summed E-state index contributed by atoms with van der Waals surface area (Å²) >= 11 is 1.37. The van der Waals surface area contributed by atoms with Crippen molar-refractivity contribution < 1.29 is 14.3 Å². The van der Waals surface area contributed by atoms with E-state index in [1.54, 1.807) is 0 Å². The van der Waals surface area contributed by atoms with E-state index in [9.17, 15) is 4.79 Å². The Hall–Kier alpha value is -1.88. The first-order valence-corrected chi connectivity index (χ1v) is 8.70. The summed E-state index contributed by atoms with van der Waals surface area (Å²) in [6.07, 6.45) is 0.814. The summed E-state index contributed by atoms with van der Waals surface area (Å²) in [6, 6.07) is 7.80. The van der Waals surface area contributed by atoms with Crippen molar-refractivity contribution in [1.82, 2.24) is 4.98 Å². The van der Waals surface area contributed by atoms with E-state index in [0.717, 1.165) is 22.7 Å². The van der Waals surface area contributed by atoms with E-state index in [4.69, 9.17) is 9.47 Å². The molecule has 124 valence electrons. The summed E-state index contributed by atoms with van der Waals surface area (Å²) < 4.78 is 10.9. The number of hydrogen-bond acceptors (Lipinski definition) is 5. The Balaban J connectivity index is 2.11. The number of aromatic nitrogens is 1. The standard InChI is InChI=1S/C18H23NO3S/c1-5-10-21-18(20)16-13(4)19-17(23-16)14-6-8-15(9-7-14)22-11-12(2)3/h6-9,12H,5,10-11H2,1-4H3. The van der Waals surface area contributed by atoms with E-state index in [1.807, 2.05) is 38.1 Å². The number of carbonyl (C=O) groups excluding carboxylic acids is 1. The number of esters is 1. The summed E-state index contributed by atoms with van der Waals surface area (Å²) in [6.45, 7) is 9.18. The van der Waals surface area contributed by atoms with Crippen molar-refractivity contribution in [2.24, 2.45) is 5.92 Å². The first-order chi connectivity index (χ1) is 11.0. The van der Waals surface area contributed by atoms with E-state index in [2.05, 4.69) is 18.8 Å². The highest BCUT2D eigenvalue weighted by molar-refractivity contribution is 7.17. The molecule has 0 unspecified atom stereocenters. The highest BCUT2D eigenvalue weighted by Crippen LogP contribution is 2.29. The summed E-state index contributed by atoms with van der Waals surface area (Å²) in [4.78, 5) is 17.1. The lowest BCUT2D eigenvalue weighted by Gasteiger charge is -2.08. The third kappa shape index (κ3) is 4.79. The minimum Gasteiger partial charge on any atom is -0.493 e. The zero-order chi connectivity index (χ0) is 16.8. The van der Waals surface area contributed by atoms with Crippen LogP contribution in [0.5, 0.6) is 5.75 Å². The Kier molecular flexibility index (Phi) is 6.16. The van der Waals surface area contributed by atoms with Gasteiger partial charge in [0.05, 0.1) is 18.9 Å². The maximum atomic E-state index is 12.0. The van der Waals surface area contributed by atoms with Crippen LogP contribution in [-0.4, -0.2) is 24.2 Å². The number of rotatable bonds is 7. The average Bonchev–Trinajstić information content (AvgIpc) is 2.93. The smallest absolute Gasteiger partial charge is 0.350 e. The molecule has 0 saturated heterocycles. The van der Waals surface area contributed by atoms with Gasteiger partial charge in [-0.1, -0.05) is 20.8 Å². The molecule has 23 heavy (non-hydrogen) atoms. The van der Waals surface area contributed by atoms with Gasteiger partial charge in [-0.3, -0.25) is 0 Å². The summed E-state index contributed by atoms with van der Waals surface area (Å²) in [5.41, 5.74) is 1.69. The van der Waals surface area contributed by atoms with Gasteiger partial charge in [0.15, 0.2) is 0 Å². The van der Waals surface area contributed by atoms with Crippen LogP contribution in [0.15, 0.2) is 24.3 Å². The van der Waals surface area contributed by atoms with E-state index in [-0.39, 0.29) is 5.97 Å². The van der Waals surface area contributed by atoms with Gasteiger partial charge in [-0.2, -0.15) is 0 Å². The first kappa shape index (κ1) is 17.5. The van der Waals surface area contributed by atoms with Crippen molar-refractivity contribution >= 4 is 17.3 Å². The molecule has 2 rings (SSSR count). The third-order valence-corrected chi connectivity index (χ3v) is 4.29.